The molecule has 0 fully saturated rings. The monoisotopic (exact) mass is 820 g/mol. The lowest BCUT2D eigenvalue weighted by Gasteiger charge is -2.35. The molecule has 0 unspecified atom stereocenters. The number of fused-ring (bicyclic) bond motifs is 13. The molecule has 1 spiro atoms. The minimum Gasteiger partial charge on any atom is -0.310 e. The first-order chi connectivity index (χ1) is 31.6. The second kappa shape index (κ2) is 14.6. The van der Waals surface area contributed by atoms with E-state index < -0.39 is 5.41 Å². The molecule has 0 saturated heterocycles. The summed E-state index contributed by atoms with van der Waals surface area (Å²) in [5.41, 5.74) is 31.2. The lowest BCUT2D eigenvalue weighted by atomic mass is 9.57. The van der Waals surface area contributed by atoms with Crippen molar-refractivity contribution in [3.63, 3.8) is 0 Å². The number of hydrogen-bond acceptors (Lipinski definition) is 1. The van der Waals surface area contributed by atoms with Gasteiger partial charge in [-0.1, -0.05) is 137 Å². The van der Waals surface area contributed by atoms with Crippen molar-refractivity contribution >= 4 is 145 Å². The van der Waals surface area contributed by atoms with Crippen LogP contribution in [-0.4, -0.2) is 67.3 Å². The van der Waals surface area contributed by atoms with E-state index in [2.05, 4.69) is 242 Å². The lowest BCUT2D eigenvalue weighted by molar-refractivity contribution is 0.806. The van der Waals surface area contributed by atoms with Gasteiger partial charge in [0.1, 0.15) is 62.8 Å². The molecular formula is C55H44B8N2. The van der Waals surface area contributed by atoms with Gasteiger partial charge in [0.15, 0.2) is 0 Å². The van der Waals surface area contributed by atoms with Crippen LogP contribution in [0.2, 0.25) is 0 Å². The first-order valence-corrected chi connectivity index (χ1v) is 23.1. The van der Waals surface area contributed by atoms with Crippen molar-refractivity contribution in [1.82, 2.24) is 4.57 Å². The van der Waals surface area contributed by atoms with Crippen molar-refractivity contribution in [2.24, 2.45) is 0 Å². The van der Waals surface area contributed by atoms with E-state index in [9.17, 15) is 0 Å². The van der Waals surface area contributed by atoms with Crippen LogP contribution in [0.5, 0.6) is 0 Å². The maximum Gasteiger partial charge on any atom is 0.139 e. The molecule has 10 aromatic rings. The van der Waals surface area contributed by atoms with E-state index in [1.54, 1.807) is 0 Å². The average molecular weight is 819 g/mol. The van der Waals surface area contributed by atoms with Crippen molar-refractivity contribution < 1.29 is 0 Å². The summed E-state index contributed by atoms with van der Waals surface area (Å²) in [6, 6.07) is 63.1. The summed E-state index contributed by atoms with van der Waals surface area (Å²) < 4.78 is 2.41. The topological polar surface area (TPSA) is 8.17 Å². The van der Waals surface area contributed by atoms with E-state index in [1.165, 1.54) is 127 Å². The van der Waals surface area contributed by atoms with Crippen molar-refractivity contribution in [3.05, 3.63) is 192 Å². The smallest absolute Gasteiger partial charge is 0.139 e. The standard InChI is InChI=1S/C55H44B8N2/c56-47-43-44-46(50(59)54(63)52(61)48(44)57)55(45(43)49(58)53(62)51(47)60)37-18-9-7-17-35(37)42-38(55)19-11-21-41(42)64(32-24-22-30(23-25-32)29-12-3-1-4-13-29)33-26-27-40-36(28-33)34-16-8-10-20-39(34)65(40)31-14-5-2-6-15-31/h1-28H,56-63H2. The molecule has 10 heteroatoms. The summed E-state index contributed by atoms with van der Waals surface area (Å²) in [7, 11) is 18.9. The predicted molar refractivity (Wildman–Crippen MR) is 303 cm³/mol. The highest BCUT2D eigenvalue weighted by Gasteiger charge is 2.55. The summed E-state index contributed by atoms with van der Waals surface area (Å²) >= 11 is 0. The highest BCUT2D eigenvalue weighted by Crippen LogP contribution is 2.63. The lowest BCUT2D eigenvalue weighted by Crippen LogP contribution is -2.52. The zero-order valence-electron chi connectivity index (χ0n) is 38.6. The summed E-state index contributed by atoms with van der Waals surface area (Å²) in [5.74, 6) is 0. The SMILES string of the molecule is Bc1c(B)c(B)c2c(c1B)-c1c(B)c(B)c(B)c(B)c1C21c2ccccc2-c2c(N(c3ccc(-c4ccccc4)cc3)c3ccc4c(c3)c3ccccc3n4-c3ccccc3)cccc21. The highest BCUT2D eigenvalue weighted by molar-refractivity contribution is 6.67. The van der Waals surface area contributed by atoms with Crippen molar-refractivity contribution in [3.8, 4) is 39.1 Å². The molecule has 9 aromatic carbocycles. The fourth-order valence-electron chi connectivity index (χ4n) is 12.2. The van der Waals surface area contributed by atoms with Gasteiger partial charge in [0.25, 0.3) is 0 Å². The molecule has 0 amide bonds. The molecule has 2 aliphatic carbocycles. The van der Waals surface area contributed by atoms with Crippen LogP contribution in [0.15, 0.2) is 170 Å². The van der Waals surface area contributed by atoms with Crippen LogP contribution in [0.25, 0.3) is 60.9 Å². The normalized spacial score (nSPS) is 12.9. The summed E-state index contributed by atoms with van der Waals surface area (Å²) in [4.78, 5) is 2.53. The Hall–Kier alpha value is -6.90. The number of rotatable bonds is 5. The second-order valence-corrected chi connectivity index (χ2v) is 18.6. The number of nitrogens with zero attached hydrogens (tertiary/aromatic N) is 2. The molecular weight excluding hydrogens is 775 g/mol. The van der Waals surface area contributed by atoms with Crippen molar-refractivity contribution in [1.29, 1.82) is 0 Å². The minimum atomic E-state index is -0.497. The minimum absolute atomic E-state index is 0.497. The van der Waals surface area contributed by atoms with Crippen molar-refractivity contribution in [2.45, 2.75) is 5.41 Å². The van der Waals surface area contributed by atoms with E-state index in [0.717, 1.165) is 17.1 Å². The first kappa shape index (κ1) is 39.7. The Labute approximate surface area is 389 Å². The van der Waals surface area contributed by atoms with Crippen LogP contribution in [0.4, 0.5) is 17.1 Å². The van der Waals surface area contributed by atoms with Crippen LogP contribution in [-0.2, 0) is 5.41 Å². The third-order valence-electron chi connectivity index (χ3n) is 15.8. The van der Waals surface area contributed by atoms with E-state index >= 15 is 0 Å². The van der Waals surface area contributed by atoms with Crippen LogP contribution in [0.3, 0.4) is 0 Å². The van der Waals surface area contributed by atoms with Gasteiger partial charge in [-0.25, -0.2) is 0 Å². The third-order valence-corrected chi connectivity index (χ3v) is 15.8. The number of anilines is 3. The molecule has 65 heavy (non-hydrogen) atoms. The largest absolute Gasteiger partial charge is 0.310 e. The zero-order chi connectivity index (χ0) is 44.5. The van der Waals surface area contributed by atoms with Gasteiger partial charge in [-0.3, -0.25) is 0 Å². The number of hydrogen-bond donors (Lipinski definition) is 0. The van der Waals surface area contributed by atoms with Crippen LogP contribution in [0.1, 0.15) is 22.3 Å². The molecule has 12 rings (SSSR count). The number of aromatic nitrogens is 1. The Balaban J connectivity index is 1.19. The molecule has 2 nitrogen and oxygen atoms in total. The van der Waals surface area contributed by atoms with E-state index in [-0.39, 0.29) is 0 Å². The fraction of sp³-hybridized carbons (Fsp3) is 0.0182. The molecule has 0 atom stereocenters. The van der Waals surface area contributed by atoms with Gasteiger partial charge < -0.3 is 9.47 Å². The number of benzene rings is 9. The Morgan fingerprint density at radius 3 is 1.57 bits per heavy atom. The van der Waals surface area contributed by atoms with E-state index in [4.69, 9.17) is 0 Å². The molecule has 0 aliphatic heterocycles. The van der Waals surface area contributed by atoms with Crippen LogP contribution >= 0.6 is 0 Å². The van der Waals surface area contributed by atoms with Gasteiger partial charge in [0, 0.05) is 33.4 Å². The Kier molecular flexibility index (Phi) is 8.89. The molecule has 1 aromatic heterocycles. The van der Waals surface area contributed by atoms with Crippen molar-refractivity contribution in [2.75, 3.05) is 4.90 Å². The molecule has 2 aliphatic rings. The third kappa shape index (κ3) is 5.34. The first-order valence-electron chi connectivity index (χ1n) is 23.1. The quantitative estimate of drug-likeness (QED) is 0.228. The predicted octanol–water partition coefficient (Wildman–Crippen LogP) is 0.331. The van der Waals surface area contributed by atoms with Gasteiger partial charge in [-0.05, 0) is 105 Å². The van der Waals surface area contributed by atoms with E-state index in [0.29, 0.717) is 0 Å². The van der Waals surface area contributed by atoms with E-state index in [1.807, 2.05) is 0 Å². The molecule has 0 bridgehead atoms. The maximum absolute atomic E-state index is 2.53. The summed E-state index contributed by atoms with van der Waals surface area (Å²) in [6.45, 7) is 0. The molecule has 298 valence electrons. The second-order valence-electron chi connectivity index (χ2n) is 18.6. The van der Waals surface area contributed by atoms with Gasteiger partial charge in [-0.15, -0.1) is 21.9 Å². The Bertz CT molecular complexity index is 3570. The zero-order valence-corrected chi connectivity index (χ0v) is 38.6. The summed E-state index contributed by atoms with van der Waals surface area (Å²) in [6.07, 6.45) is 0. The molecule has 1 heterocycles. The van der Waals surface area contributed by atoms with Crippen LogP contribution < -0.4 is 48.6 Å². The van der Waals surface area contributed by atoms with Gasteiger partial charge in [0.2, 0.25) is 0 Å². The maximum atomic E-state index is 2.53. The average Bonchev–Trinajstić information content (AvgIpc) is 3.97. The van der Waals surface area contributed by atoms with Gasteiger partial charge >= 0.3 is 0 Å². The molecule has 0 N–H and O–H groups in total. The Morgan fingerprint density at radius 2 is 0.892 bits per heavy atom. The molecule has 0 saturated carbocycles. The van der Waals surface area contributed by atoms with Gasteiger partial charge in [-0.2, -0.15) is 0 Å². The Morgan fingerprint density at radius 1 is 0.369 bits per heavy atom. The van der Waals surface area contributed by atoms with Crippen LogP contribution in [0, 0.1) is 0 Å². The number of para-hydroxylation sites is 2. The summed E-state index contributed by atoms with van der Waals surface area (Å²) in [5, 5.41) is 2.46. The fourth-order valence-corrected chi connectivity index (χ4v) is 12.2. The molecule has 0 radical (unpaired) electrons. The highest BCUT2D eigenvalue weighted by atomic mass is 15.1. The van der Waals surface area contributed by atoms with Gasteiger partial charge in [0.05, 0.1) is 22.1 Å².